The van der Waals surface area contributed by atoms with Crippen molar-refractivity contribution in [2.75, 3.05) is 6.61 Å². The number of carbonyl (C=O) groups excluding carboxylic acids is 1. The van der Waals surface area contributed by atoms with Crippen LogP contribution in [-0.2, 0) is 31.3 Å². The summed E-state index contributed by atoms with van der Waals surface area (Å²) in [4.78, 5) is 17.6. The Morgan fingerprint density at radius 2 is 1.89 bits per heavy atom. The van der Waals surface area contributed by atoms with Gasteiger partial charge in [-0.2, -0.15) is 13.9 Å². The second kappa shape index (κ2) is 11.9. The minimum atomic E-state index is -3.06. The highest BCUT2D eigenvalue weighted by atomic mass is 19.3. The van der Waals surface area contributed by atoms with Gasteiger partial charge in [0.05, 0.1) is 35.1 Å². The number of aryl methyl sites for hydroxylation is 2. The molecule has 0 radical (unpaired) electrons. The number of alkyl halides is 2. The smallest absolute Gasteiger partial charge is 0.408 e. The van der Waals surface area contributed by atoms with Gasteiger partial charge in [0.2, 0.25) is 11.8 Å². The van der Waals surface area contributed by atoms with Crippen LogP contribution < -0.4 is 14.8 Å². The van der Waals surface area contributed by atoms with Crippen LogP contribution in [0.1, 0.15) is 39.0 Å². The van der Waals surface area contributed by atoms with Crippen LogP contribution in [0.5, 0.6) is 11.8 Å². The molecule has 1 amide bonds. The van der Waals surface area contributed by atoms with E-state index in [9.17, 15) is 13.6 Å². The van der Waals surface area contributed by atoms with Gasteiger partial charge >= 0.3 is 12.7 Å². The van der Waals surface area contributed by atoms with Gasteiger partial charge in [0.25, 0.3) is 0 Å². The molecule has 0 spiro atoms. The quantitative estimate of drug-likeness (QED) is 0.236. The van der Waals surface area contributed by atoms with E-state index in [4.69, 9.17) is 24.3 Å². The lowest BCUT2D eigenvalue weighted by molar-refractivity contribution is -0.0527. The van der Waals surface area contributed by atoms with E-state index < -0.39 is 18.3 Å². The van der Waals surface area contributed by atoms with Crippen molar-refractivity contribution in [2.45, 2.75) is 65.5 Å². The van der Waals surface area contributed by atoms with Gasteiger partial charge < -0.3 is 24.1 Å². The van der Waals surface area contributed by atoms with E-state index in [-0.39, 0.29) is 18.5 Å². The van der Waals surface area contributed by atoms with Crippen molar-refractivity contribution in [1.29, 1.82) is 0 Å². The topological polar surface area (TPSA) is 110 Å². The first-order valence-electron chi connectivity index (χ1n) is 14.7. The molecule has 3 aromatic rings. The molecular formula is C32H35F2N7O4. The summed E-state index contributed by atoms with van der Waals surface area (Å²) in [6.45, 7) is 5.38. The molecule has 3 aliphatic heterocycles. The zero-order valence-corrected chi connectivity index (χ0v) is 25.8. The fourth-order valence-electron chi connectivity index (χ4n) is 5.58. The zero-order chi connectivity index (χ0) is 31.9. The molecule has 1 aromatic carbocycles. The largest absolute Gasteiger partial charge is 0.475 e. The number of alkyl carbamates (subject to hydrolysis) is 1. The number of ether oxygens (including phenoxy) is 3. The molecule has 0 bridgehead atoms. The molecular weight excluding hydrogens is 584 g/mol. The van der Waals surface area contributed by atoms with E-state index in [1.807, 2.05) is 60.2 Å². The lowest BCUT2D eigenvalue weighted by Gasteiger charge is -2.27. The Hall–Kier alpha value is -4.94. The number of fused-ring (bicyclic) bond motifs is 2. The summed E-state index contributed by atoms with van der Waals surface area (Å²) in [5, 5.41) is 11.9. The van der Waals surface area contributed by atoms with Crippen LogP contribution in [0.2, 0.25) is 0 Å². The average molecular weight is 620 g/mol. The fourth-order valence-corrected chi connectivity index (χ4v) is 5.58. The highest BCUT2D eigenvalue weighted by Gasteiger charge is 2.35. The summed E-state index contributed by atoms with van der Waals surface area (Å²) in [6, 6.07) is 13.4. The molecule has 0 saturated carbocycles. The van der Waals surface area contributed by atoms with Crippen LogP contribution in [0.15, 0.2) is 54.9 Å². The van der Waals surface area contributed by atoms with Crippen LogP contribution in [0.3, 0.4) is 0 Å². The number of halogens is 2. The summed E-state index contributed by atoms with van der Waals surface area (Å²) < 4.78 is 48.8. The van der Waals surface area contributed by atoms with E-state index in [0.717, 1.165) is 11.1 Å². The predicted molar refractivity (Wildman–Crippen MR) is 162 cm³/mol. The van der Waals surface area contributed by atoms with Crippen LogP contribution >= 0.6 is 0 Å². The molecule has 236 valence electrons. The number of amides is 1. The number of benzene rings is 1. The number of nitrogens with one attached hydrogen (secondary N) is 1. The van der Waals surface area contributed by atoms with Crippen molar-refractivity contribution in [3.8, 4) is 45.5 Å². The number of hydrogen-bond acceptors (Lipinski definition) is 7. The Morgan fingerprint density at radius 1 is 1.11 bits per heavy atom. The molecule has 3 aliphatic rings. The normalized spacial score (nSPS) is 14.8. The Balaban J connectivity index is 1.48. The fraction of sp³-hybridized carbons (Fsp3) is 0.375. The third-order valence-corrected chi connectivity index (χ3v) is 7.31. The molecule has 2 aromatic heterocycles. The molecule has 1 atom stereocenters. The number of aromatic nitrogens is 6. The van der Waals surface area contributed by atoms with Crippen LogP contribution in [0, 0.1) is 0 Å². The Morgan fingerprint density at radius 3 is 2.60 bits per heavy atom. The summed E-state index contributed by atoms with van der Waals surface area (Å²) in [5.41, 5.74) is 4.00. The number of rotatable bonds is 8. The van der Waals surface area contributed by atoms with Crippen molar-refractivity contribution < 1.29 is 27.8 Å². The minimum absolute atomic E-state index is 0.178. The lowest BCUT2D eigenvalue weighted by Crippen LogP contribution is -2.46. The maximum Gasteiger partial charge on any atom is 0.408 e. The van der Waals surface area contributed by atoms with Gasteiger partial charge in [-0.1, -0.05) is 37.3 Å². The van der Waals surface area contributed by atoms with Crippen molar-refractivity contribution in [1.82, 2.24) is 34.4 Å². The van der Waals surface area contributed by atoms with Crippen LogP contribution in [0.4, 0.5) is 13.6 Å². The molecule has 11 nitrogen and oxygen atoms in total. The maximum absolute atomic E-state index is 13.5. The summed E-state index contributed by atoms with van der Waals surface area (Å²) >= 11 is 0. The van der Waals surface area contributed by atoms with E-state index in [0.29, 0.717) is 59.3 Å². The van der Waals surface area contributed by atoms with Gasteiger partial charge in [-0.05, 0) is 44.9 Å². The first kappa shape index (κ1) is 30.1. The molecule has 13 heteroatoms. The number of nitrogens with zero attached hydrogens (tertiary/aromatic N) is 6. The summed E-state index contributed by atoms with van der Waals surface area (Å²) in [6.07, 6.45) is 3.59. The second-order valence-corrected chi connectivity index (χ2v) is 11.9. The first-order valence-corrected chi connectivity index (χ1v) is 14.7. The SMILES string of the molecule is CCc1nn2c(c1-c1nc3n(Cc4ccccc4)cccc-3c1-c1cn(C)nc1OC(F)F)OC[C@@H](NC(=O)OC(C)(C)C)C2. The molecule has 6 rings (SSSR count). The van der Waals surface area contributed by atoms with Crippen molar-refractivity contribution >= 4 is 6.09 Å². The maximum atomic E-state index is 13.5. The highest BCUT2D eigenvalue weighted by molar-refractivity contribution is 5.97. The van der Waals surface area contributed by atoms with Gasteiger partial charge in [0.1, 0.15) is 18.0 Å². The zero-order valence-electron chi connectivity index (χ0n) is 25.8. The number of hydrogen-bond donors (Lipinski definition) is 1. The Bertz CT molecular complexity index is 1790. The van der Waals surface area contributed by atoms with Gasteiger partial charge in [-0.15, -0.1) is 5.10 Å². The molecule has 0 unspecified atom stereocenters. The van der Waals surface area contributed by atoms with Gasteiger partial charge in [0, 0.05) is 37.1 Å². The van der Waals surface area contributed by atoms with Crippen molar-refractivity contribution in [2.24, 2.45) is 7.05 Å². The highest BCUT2D eigenvalue weighted by Crippen LogP contribution is 2.48. The molecule has 5 heterocycles. The number of carbonyl (C=O) groups is 1. The molecule has 1 N–H and O–H groups in total. The Kier molecular flexibility index (Phi) is 7.94. The van der Waals surface area contributed by atoms with E-state index in [1.54, 1.807) is 38.7 Å². The van der Waals surface area contributed by atoms with E-state index >= 15 is 0 Å². The van der Waals surface area contributed by atoms with Crippen molar-refractivity contribution in [3.05, 3.63) is 66.1 Å². The summed E-state index contributed by atoms with van der Waals surface area (Å²) in [7, 11) is 1.65. The minimum Gasteiger partial charge on any atom is -0.475 e. The monoisotopic (exact) mass is 619 g/mol. The van der Waals surface area contributed by atoms with Gasteiger partial charge in [-0.3, -0.25) is 4.68 Å². The Labute approximate surface area is 259 Å². The third-order valence-electron chi connectivity index (χ3n) is 7.31. The molecule has 0 fully saturated rings. The molecule has 0 saturated heterocycles. The predicted octanol–water partition coefficient (Wildman–Crippen LogP) is 5.75. The lowest BCUT2D eigenvalue weighted by atomic mass is 9.98. The standard InChI is InChI=1S/C32H35F2N7O4/c1-6-23-25(29-41(37-23)16-20(18-43-29)35-31(42)45-32(2,3)4)26-24(22-17-39(5)38-28(22)44-30(33)34)21-13-10-14-40(27(21)36-26)15-19-11-8-7-9-12-19/h7-14,17,20,30H,6,15-16,18H2,1-5H3,(H,35,42)/t20-/m0/s1. The van der Waals surface area contributed by atoms with E-state index in [2.05, 4.69) is 10.4 Å². The van der Waals surface area contributed by atoms with Gasteiger partial charge in [-0.25, -0.2) is 14.5 Å². The van der Waals surface area contributed by atoms with E-state index in [1.165, 1.54) is 4.68 Å². The third kappa shape index (κ3) is 6.19. The summed E-state index contributed by atoms with van der Waals surface area (Å²) in [5.74, 6) is 0.927. The first-order chi connectivity index (χ1) is 21.5. The number of pyridine rings is 1. The second-order valence-electron chi connectivity index (χ2n) is 11.9. The molecule has 45 heavy (non-hydrogen) atoms. The van der Waals surface area contributed by atoms with Crippen LogP contribution in [0.25, 0.3) is 33.8 Å². The average Bonchev–Trinajstić information content (AvgIpc) is 3.64. The van der Waals surface area contributed by atoms with Crippen molar-refractivity contribution in [3.63, 3.8) is 0 Å². The van der Waals surface area contributed by atoms with Crippen LogP contribution in [-0.4, -0.2) is 60.1 Å². The molecule has 0 aliphatic carbocycles. The van der Waals surface area contributed by atoms with Gasteiger partial charge in [0.15, 0.2) is 0 Å².